The van der Waals surface area contributed by atoms with Gasteiger partial charge >= 0.3 is 0 Å². The van der Waals surface area contributed by atoms with Crippen LogP contribution in [0.15, 0.2) is 29.2 Å². The fourth-order valence-electron chi connectivity index (χ4n) is 3.87. The van der Waals surface area contributed by atoms with Gasteiger partial charge in [-0.2, -0.15) is 0 Å². The molecule has 2 aliphatic carbocycles. The van der Waals surface area contributed by atoms with Crippen molar-refractivity contribution in [2.75, 3.05) is 0 Å². The lowest BCUT2D eigenvalue weighted by atomic mass is 9.86. The van der Waals surface area contributed by atoms with E-state index in [1.807, 2.05) is 19.1 Å². The van der Waals surface area contributed by atoms with Gasteiger partial charge in [0.1, 0.15) is 0 Å². The Morgan fingerprint density at radius 3 is 2.39 bits per heavy atom. The number of rotatable bonds is 2. The summed E-state index contributed by atoms with van der Waals surface area (Å²) in [5.74, 6) is 0.639. The highest BCUT2D eigenvalue weighted by Gasteiger charge is 2.54. The van der Waals surface area contributed by atoms with Crippen molar-refractivity contribution in [2.24, 2.45) is 11.3 Å². The smallest absolute Gasteiger partial charge is 0.181 e. The van der Waals surface area contributed by atoms with Crippen molar-refractivity contribution in [1.82, 2.24) is 0 Å². The molecule has 0 N–H and O–H groups in total. The first-order valence-corrected chi connectivity index (χ1v) is 8.27. The van der Waals surface area contributed by atoms with Gasteiger partial charge in [-0.15, -0.1) is 0 Å². The van der Waals surface area contributed by atoms with Crippen molar-refractivity contribution in [3.8, 4) is 0 Å². The Hall–Kier alpha value is -0.830. The number of fused-ring (bicyclic) bond motifs is 2. The fourth-order valence-corrected chi connectivity index (χ4v) is 6.20. The second-order valence-corrected chi connectivity index (χ2v) is 8.48. The van der Waals surface area contributed by atoms with Crippen LogP contribution in [0, 0.1) is 18.3 Å². The number of benzene rings is 1. The van der Waals surface area contributed by atoms with E-state index in [9.17, 15) is 8.42 Å². The Labute approximate surface area is 109 Å². The quantitative estimate of drug-likeness (QED) is 0.821. The summed E-state index contributed by atoms with van der Waals surface area (Å²) in [6.07, 6.45) is 4.26. The molecule has 0 spiro atoms. The lowest BCUT2D eigenvalue weighted by Gasteiger charge is -2.31. The molecule has 1 aromatic rings. The van der Waals surface area contributed by atoms with Crippen molar-refractivity contribution in [3.63, 3.8) is 0 Å². The zero-order valence-electron chi connectivity index (χ0n) is 11.0. The van der Waals surface area contributed by atoms with Crippen LogP contribution in [0.1, 0.15) is 38.2 Å². The first kappa shape index (κ1) is 12.2. The molecular formula is C15H20O2S. The van der Waals surface area contributed by atoms with Crippen LogP contribution < -0.4 is 0 Å². The minimum atomic E-state index is -3.14. The van der Waals surface area contributed by atoms with Crippen LogP contribution in [0.3, 0.4) is 0 Å². The second-order valence-electron chi connectivity index (χ2n) is 6.35. The predicted molar refractivity (Wildman–Crippen MR) is 72.2 cm³/mol. The van der Waals surface area contributed by atoms with Gasteiger partial charge in [0.15, 0.2) is 9.84 Å². The third-order valence-corrected chi connectivity index (χ3v) is 7.37. The fraction of sp³-hybridized carbons (Fsp3) is 0.600. The van der Waals surface area contributed by atoms with Crippen LogP contribution in [0.2, 0.25) is 0 Å². The van der Waals surface area contributed by atoms with Gasteiger partial charge < -0.3 is 0 Å². The molecule has 3 atom stereocenters. The van der Waals surface area contributed by atoms with E-state index in [-0.39, 0.29) is 10.7 Å². The van der Waals surface area contributed by atoms with Crippen molar-refractivity contribution >= 4 is 9.84 Å². The average Bonchev–Trinajstić information content (AvgIpc) is 2.85. The molecule has 0 heterocycles. The topological polar surface area (TPSA) is 34.1 Å². The number of aryl methyl sites for hydroxylation is 1. The molecule has 3 rings (SSSR count). The zero-order chi connectivity index (χ0) is 13.0. The third kappa shape index (κ3) is 1.71. The van der Waals surface area contributed by atoms with Crippen molar-refractivity contribution in [1.29, 1.82) is 0 Å². The number of hydrogen-bond donors (Lipinski definition) is 0. The molecule has 0 amide bonds. The highest BCUT2D eigenvalue weighted by molar-refractivity contribution is 7.92. The largest absolute Gasteiger partial charge is 0.223 e. The Bertz CT molecular complexity index is 559. The standard InChI is InChI=1S/C15H20O2S/c1-11-3-5-13(6-4-11)18(16,17)14-9-12-7-8-15(14,2)10-12/h3-6,12,14H,7-10H2,1-2H3/t12-,14+,15-/m0/s1. The Balaban J connectivity index is 1.99. The van der Waals surface area contributed by atoms with E-state index >= 15 is 0 Å². The van der Waals surface area contributed by atoms with Crippen molar-refractivity contribution in [2.45, 2.75) is 49.7 Å². The number of hydrogen-bond acceptors (Lipinski definition) is 2. The molecule has 18 heavy (non-hydrogen) atoms. The lowest BCUT2D eigenvalue weighted by Crippen LogP contribution is -2.34. The monoisotopic (exact) mass is 264 g/mol. The average molecular weight is 264 g/mol. The lowest BCUT2D eigenvalue weighted by molar-refractivity contribution is 0.331. The Kier molecular flexibility index (Phi) is 2.60. The summed E-state index contributed by atoms with van der Waals surface area (Å²) in [4.78, 5) is 0.506. The van der Waals surface area contributed by atoms with Gasteiger partial charge in [-0.1, -0.05) is 24.6 Å². The molecular weight excluding hydrogens is 244 g/mol. The van der Waals surface area contributed by atoms with Crippen LogP contribution in [0.5, 0.6) is 0 Å². The van der Waals surface area contributed by atoms with Crippen LogP contribution in [0.25, 0.3) is 0 Å². The highest BCUT2D eigenvalue weighted by atomic mass is 32.2. The van der Waals surface area contributed by atoms with Crippen LogP contribution in [-0.2, 0) is 9.84 Å². The van der Waals surface area contributed by atoms with Gasteiger partial charge in [-0.3, -0.25) is 0 Å². The molecule has 2 nitrogen and oxygen atoms in total. The van der Waals surface area contributed by atoms with E-state index in [2.05, 4.69) is 6.92 Å². The summed E-state index contributed by atoms with van der Waals surface area (Å²) < 4.78 is 25.5. The van der Waals surface area contributed by atoms with E-state index in [0.29, 0.717) is 10.8 Å². The molecule has 0 radical (unpaired) electrons. The molecule has 0 saturated heterocycles. The van der Waals surface area contributed by atoms with Gasteiger partial charge in [0.2, 0.25) is 0 Å². The summed E-state index contributed by atoms with van der Waals surface area (Å²) >= 11 is 0. The summed E-state index contributed by atoms with van der Waals surface area (Å²) in [7, 11) is -3.14. The zero-order valence-corrected chi connectivity index (χ0v) is 11.8. The van der Waals surface area contributed by atoms with E-state index in [1.165, 1.54) is 6.42 Å². The summed E-state index contributed by atoms with van der Waals surface area (Å²) in [6, 6.07) is 7.31. The molecule has 0 unspecified atom stereocenters. The molecule has 0 aliphatic heterocycles. The minimum Gasteiger partial charge on any atom is -0.223 e. The van der Waals surface area contributed by atoms with Crippen LogP contribution in [0.4, 0.5) is 0 Å². The van der Waals surface area contributed by atoms with E-state index in [1.54, 1.807) is 12.1 Å². The van der Waals surface area contributed by atoms with E-state index < -0.39 is 9.84 Å². The molecule has 0 aromatic heterocycles. The van der Waals surface area contributed by atoms with Gasteiger partial charge in [0.05, 0.1) is 10.1 Å². The first-order valence-electron chi connectivity index (χ1n) is 6.72. The van der Waals surface area contributed by atoms with Gasteiger partial charge in [-0.05, 0) is 56.1 Å². The maximum atomic E-state index is 12.7. The number of sulfone groups is 1. The second kappa shape index (κ2) is 3.83. The minimum absolute atomic E-state index is 0.0222. The Morgan fingerprint density at radius 1 is 1.22 bits per heavy atom. The molecule has 2 fully saturated rings. The molecule has 1 aromatic carbocycles. The summed E-state index contributed by atoms with van der Waals surface area (Å²) in [6.45, 7) is 4.14. The van der Waals surface area contributed by atoms with Crippen LogP contribution in [-0.4, -0.2) is 13.7 Å². The van der Waals surface area contributed by atoms with Gasteiger partial charge in [0, 0.05) is 0 Å². The SMILES string of the molecule is Cc1ccc(S(=O)(=O)[C@@H]2C[C@@H]3CC[C@@]2(C)C3)cc1. The normalized spacial score (nSPS) is 35.0. The van der Waals surface area contributed by atoms with E-state index in [0.717, 1.165) is 24.8 Å². The molecule has 3 heteroatoms. The third-order valence-electron chi connectivity index (χ3n) is 4.93. The van der Waals surface area contributed by atoms with Gasteiger partial charge in [-0.25, -0.2) is 8.42 Å². The van der Waals surface area contributed by atoms with Crippen molar-refractivity contribution < 1.29 is 8.42 Å². The highest BCUT2D eigenvalue weighted by Crippen LogP contribution is 2.57. The maximum absolute atomic E-state index is 12.7. The molecule has 2 bridgehead atoms. The summed E-state index contributed by atoms with van der Waals surface area (Å²) in [5.41, 5.74) is 1.13. The van der Waals surface area contributed by atoms with Crippen molar-refractivity contribution in [3.05, 3.63) is 29.8 Å². The maximum Gasteiger partial charge on any atom is 0.181 e. The van der Waals surface area contributed by atoms with E-state index in [4.69, 9.17) is 0 Å². The molecule has 98 valence electrons. The molecule has 2 aliphatic rings. The Morgan fingerprint density at radius 2 is 1.89 bits per heavy atom. The van der Waals surface area contributed by atoms with Gasteiger partial charge in [0.25, 0.3) is 0 Å². The summed E-state index contributed by atoms with van der Waals surface area (Å²) in [5, 5.41) is -0.161. The predicted octanol–water partition coefficient (Wildman–Crippen LogP) is 3.35. The first-order chi connectivity index (χ1) is 8.42. The molecule has 2 saturated carbocycles. The van der Waals surface area contributed by atoms with Crippen LogP contribution >= 0.6 is 0 Å².